The third kappa shape index (κ3) is 2.73. The van der Waals surface area contributed by atoms with Gasteiger partial charge in [-0.1, -0.05) is 24.3 Å². The summed E-state index contributed by atoms with van der Waals surface area (Å²) in [5, 5.41) is 6.69. The van der Waals surface area contributed by atoms with Gasteiger partial charge in [-0.2, -0.15) is 0 Å². The average Bonchev–Trinajstić information content (AvgIpc) is 3.16. The fourth-order valence-electron chi connectivity index (χ4n) is 4.74. The first-order valence-corrected chi connectivity index (χ1v) is 9.26. The quantitative estimate of drug-likeness (QED) is 0.877. The fraction of sp³-hybridized carbons (Fsp3) is 0.500. The minimum atomic E-state index is -0.120. The molecule has 1 aliphatic heterocycles. The van der Waals surface area contributed by atoms with Crippen LogP contribution >= 0.6 is 0 Å². The number of rotatable bonds is 4. The summed E-state index contributed by atoms with van der Waals surface area (Å²) in [5.41, 5.74) is 2.49. The number of imidazole rings is 1. The molecule has 26 heavy (non-hydrogen) atoms. The Balaban J connectivity index is 1.63. The van der Waals surface area contributed by atoms with E-state index in [0.717, 1.165) is 31.8 Å². The Bertz CT molecular complexity index is 795. The van der Waals surface area contributed by atoms with Gasteiger partial charge in [-0.25, -0.2) is 4.98 Å². The average molecular weight is 354 g/mol. The van der Waals surface area contributed by atoms with Crippen LogP contribution in [-0.4, -0.2) is 41.8 Å². The van der Waals surface area contributed by atoms with Crippen LogP contribution in [0.3, 0.4) is 0 Å². The summed E-state index contributed by atoms with van der Waals surface area (Å²) < 4.78 is 7.86. The maximum Gasteiger partial charge on any atom is 0.240 e. The number of nitrogens with one attached hydrogen (secondary N) is 2. The molecule has 0 saturated carbocycles. The molecule has 1 saturated heterocycles. The molecular formula is C20H26N4O2. The van der Waals surface area contributed by atoms with Gasteiger partial charge in [-0.15, -0.1) is 0 Å². The number of carbonyl (C=O) groups is 1. The van der Waals surface area contributed by atoms with Crippen molar-refractivity contribution in [2.75, 3.05) is 20.2 Å². The Morgan fingerprint density at radius 2 is 2.15 bits per heavy atom. The summed E-state index contributed by atoms with van der Waals surface area (Å²) >= 11 is 0. The molecule has 2 aromatic rings. The number of hydrogen-bond donors (Lipinski definition) is 2. The molecule has 1 fully saturated rings. The number of benzene rings is 1. The Labute approximate surface area is 154 Å². The first kappa shape index (κ1) is 17.2. The van der Waals surface area contributed by atoms with Gasteiger partial charge < -0.3 is 19.9 Å². The Kier molecular flexibility index (Phi) is 4.54. The van der Waals surface area contributed by atoms with E-state index in [1.54, 1.807) is 13.3 Å². The van der Waals surface area contributed by atoms with Crippen LogP contribution in [0.4, 0.5) is 0 Å². The van der Waals surface area contributed by atoms with Crippen LogP contribution in [0.1, 0.15) is 35.8 Å². The van der Waals surface area contributed by atoms with Crippen LogP contribution in [0.5, 0.6) is 0 Å². The zero-order valence-corrected chi connectivity index (χ0v) is 15.4. The number of aromatic nitrogens is 2. The van der Waals surface area contributed by atoms with E-state index < -0.39 is 0 Å². The third-order valence-corrected chi connectivity index (χ3v) is 5.98. The maximum atomic E-state index is 12.7. The monoisotopic (exact) mass is 354 g/mol. The van der Waals surface area contributed by atoms with Crippen LogP contribution in [0.2, 0.25) is 0 Å². The van der Waals surface area contributed by atoms with E-state index in [9.17, 15) is 4.79 Å². The standard InChI is InChI=1S/C20H26N4O2/c1-14-22-11-12-24(14)13-17(25)23-18-15-5-3-4-6-16(15)20(19(18)26-2)7-9-21-10-8-20/h3-6,11-12,18-19,21H,7-10,13H2,1-2H3,(H,23,25)/t18-,19+/m0/s1. The molecule has 1 aromatic carbocycles. The summed E-state index contributed by atoms with van der Waals surface area (Å²) in [4.78, 5) is 16.9. The minimum absolute atomic E-state index is 0.0149. The Morgan fingerprint density at radius 1 is 1.38 bits per heavy atom. The number of carbonyl (C=O) groups excluding carboxylic acids is 1. The summed E-state index contributed by atoms with van der Waals surface area (Å²) in [6.07, 6.45) is 5.55. The molecule has 1 aliphatic carbocycles. The molecule has 1 spiro atoms. The number of nitrogens with zero attached hydrogens (tertiary/aromatic N) is 2. The van der Waals surface area contributed by atoms with Gasteiger partial charge in [0.25, 0.3) is 0 Å². The van der Waals surface area contributed by atoms with Gasteiger partial charge in [0.05, 0.1) is 12.1 Å². The molecule has 138 valence electrons. The molecule has 0 unspecified atom stereocenters. The molecular weight excluding hydrogens is 328 g/mol. The first-order chi connectivity index (χ1) is 12.7. The summed E-state index contributed by atoms with van der Waals surface area (Å²) in [6, 6.07) is 8.36. The van der Waals surface area contributed by atoms with Gasteiger partial charge >= 0.3 is 0 Å². The van der Waals surface area contributed by atoms with Gasteiger partial charge in [0.2, 0.25) is 5.91 Å². The molecule has 1 aromatic heterocycles. The van der Waals surface area contributed by atoms with Crippen molar-refractivity contribution in [1.82, 2.24) is 20.2 Å². The van der Waals surface area contributed by atoms with Crippen molar-refractivity contribution in [3.8, 4) is 0 Å². The zero-order valence-electron chi connectivity index (χ0n) is 15.4. The lowest BCUT2D eigenvalue weighted by Gasteiger charge is -2.40. The molecule has 2 aliphatic rings. The second-order valence-electron chi connectivity index (χ2n) is 7.30. The molecule has 0 radical (unpaired) electrons. The predicted octanol–water partition coefficient (Wildman–Crippen LogP) is 1.70. The zero-order chi connectivity index (χ0) is 18.1. The van der Waals surface area contributed by atoms with Crippen molar-refractivity contribution in [1.29, 1.82) is 0 Å². The maximum absolute atomic E-state index is 12.7. The van der Waals surface area contributed by atoms with Crippen LogP contribution in [-0.2, 0) is 21.5 Å². The van der Waals surface area contributed by atoms with Gasteiger partial charge in [0.15, 0.2) is 0 Å². The lowest BCUT2D eigenvalue weighted by Crippen LogP contribution is -2.49. The molecule has 2 heterocycles. The number of methoxy groups -OCH3 is 1. The van der Waals surface area contributed by atoms with Crippen LogP contribution in [0.25, 0.3) is 0 Å². The number of hydrogen-bond acceptors (Lipinski definition) is 4. The number of aryl methyl sites for hydroxylation is 1. The van der Waals surface area contributed by atoms with Crippen molar-refractivity contribution in [2.24, 2.45) is 0 Å². The Hall–Kier alpha value is -2.18. The lowest BCUT2D eigenvalue weighted by molar-refractivity contribution is -0.124. The lowest BCUT2D eigenvalue weighted by atomic mass is 9.72. The summed E-state index contributed by atoms with van der Waals surface area (Å²) in [7, 11) is 1.76. The highest BCUT2D eigenvalue weighted by atomic mass is 16.5. The second kappa shape index (κ2) is 6.85. The smallest absolute Gasteiger partial charge is 0.240 e. The fourth-order valence-corrected chi connectivity index (χ4v) is 4.74. The number of amides is 1. The molecule has 6 heteroatoms. The first-order valence-electron chi connectivity index (χ1n) is 9.26. The van der Waals surface area contributed by atoms with Crippen molar-refractivity contribution in [2.45, 2.75) is 43.9 Å². The van der Waals surface area contributed by atoms with Gasteiger partial charge in [0, 0.05) is 24.9 Å². The minimum Gasteiger partial charge on any atom is -0.378 e. The number of ether oxygens (including phenoxy) is 1. The van der Waals surface area contributed by atoms with Gasteiger partial charge in [-0.05, 0) is 44.0 Å². The van der Waals surface area contributed by atoms with Crippen LogP contribution < -0.4 is 10.6 Å². The largest absolute Gasteiger partial charge is 0.378 e. The van der Waals surface area contributed by atoms with E-state index in [2.05, 4.69) is 33.8 Å². The predicted molar refractivity (Wildman–Crippen MR) is 98.9 cm³/mol. The van der Waals surface area contributed by atoms with E-state index in [4.69, 9.17) is 4.74 Å². The van der Waals surface area contributed by atoms with Crippen molar-refractivity contribution < 1.29 is 9.53 Å². The summed E-state index contributed by atoms with van der Waals surface area (Å²) in [6.45, 7) is 4.13. The van der Waals surface area contributed by atoms with Crippen LogP contribution in [0, 0.1) is 6.92 Å². The third-order valence-electron chi connectivity index (χ3n) is 5.98. The highest BCUT2D eigenvalue weighted by molar-refractivity contribution is 5.77. The second-order valence-corrected chi connectivity index (χ2v) is 7.30. The number of piperidine rings is 1. The molecule has 0 bridgehead atoms. The molecule has 1 amide bonds. The normalized spacial score (nSPS) is 23.8. The highest BCUT2D eigenvalue weighted by Gasteiger charge is 2.53. The topological polar surface area (TPSA) is 68.2 Å². The van der Waals surface area contributed by atoms with Gasteiger partial charge in [0.1, 0.15) is 12.4 Å². The van der Waals surface area contributed by atoms with E-state index in [1.807, 2.05) is 23.8 Å². The molecule has 2 N–H and O–H groups in total. The van der Waals surface area contributed by atoms with Crippen molar-refractivity contribution in [3.63, 3.8) is 0 Å². The van der Waals surface area contributed by atoms with Crippen LogP contribution in [0.15, 0.2) is 36.7 Å². The molecule has 6 nitrogen and oxygen atoms in total. The molecule has 2 atom stereocenters. The van der Waals surface area contributed by atoms with E-state index in [1.165, 1.54) is 11.1 Å². The van der Waals surface area contributed by atoms with Crippen molar-refractivity contribution >= 4 is 5.91 Å². The number of fused-ring (bicyclic) bond motifs is 2. The van der Waals surface area contributed by atoms with E-state index in [-0.39, 0.29) is 30.0 Å². The molecule has 4 rings (SSSR count). The van der Waals surface area contributed by atoms with E-state index >= 15 is 0 Å². The van der Waals surface area contributed by atoms with Crippen molar-refractivity contribution in [3.05, 3.63) is 53.6 Å². The van der Waals surface area contributed by atoms with E-state index in [0.29, 0.717) is 0 Å². The summed E-state index contributed by atoms with van der Waals surface area (Å²) in [5.74, 6) is 0.823. The highest BCUT2D eigenvalue weighted by Crippen LogP contribution is 2.51. The SMILES string of the molecule is CO[C@@H]1[C@@H](NC(=O)Cn2ccnc2C)c2ccccc2C12CCNCC2. The Morgan fingerprint density at radius 3 is 2.85 bits per heavy atom. The van der Waals surface area contributed by atoms with Gasteiger partial charge in [-0.3, -0.25) is 4.79 Å².